The highest BCUT2D eigenvalue weighted by atomic mass is 35.5. The highest BCUT2D eigenvalue weighted by Crippen LogP contribution is 2.20. The number of nitrogens with zero attached hydrogens (tertiary/aromatic N) is 1. The third-order valence-corrected chi connectivity index (χ3v) is 8.18. The summed E-state index contributed by atoms with van der Waals surface area (Å²) in [6, 6.07) is 9.57. The van der Waals surface area contributed by atoms with E-state index in [-0.39, 0.29) is 10.9 Å². The van der Waals surface area contributed by atoms with E-state index in [0.29, 0.717) is 28.8 Å². The fourth-order valence-electron chi connectivity index (χ4n) is 4.67. The lowest BCUT2D eigenvalue weighted by Crippen LogP contribution is -2.45. The van der Waals surface area contributed by atoms with Gasteiger partial charge >= 0.3 is 11.7 Å². The second kappa shape index (κ2) is 10.9. The molecule has 1 saturated carbocycles. The van der Waals surface area contributed by atoms with Crippen LogP contribution in [0.1, 0.15) is 57.1 Å². The molecule has 3 N–H and O–H groups in total. The van der Waals surface area contributed by atoms with E-state index in [0.717, 1.165) is 37.7 Å². The number of urea groups is 1. The van der Waals surface area contributed by atoms with Crippen LogP contribution in [0.4, 0.5) is 4.79 Å². The predicted octanol–water partition coefficient (Wildman–Crippen LogP) is 3.86. The molecule has 1 atom stereocenters. The molecule has 0 aliphatic heterocycles. The maximum Gasteiger partial charge on any atom is 0.329 e. The first-order valence-electron chi connectivity index (χ1n) is 12.0. The highest BCUT2D eigenvalue weighted by Gasteiger charge is 2.22. The maximum atomic E-state index is 13.1. The van der Waals surface area contributed by atoms with Gasteiger partial charge in [-0.05, 0) is 61.6 Å². The summed E-state index contributed by atoms with van der Waals surface area (Å²) in [5.74, 6) is 0. The zero-order valence-corrected chi connectivity index (χ0v) is 21.5. The molecule has 2 aromatic carbocycles. The number of halogens is 1. The summed E-state index contributed by atoms with van der Waals surface area (Å²) in [4.78, 5) is 40.7. The first kappa shape index (κ1) is 26.0. The van der Waals surface area contributed by atoms with Gasteiger partial charge in [-0.25, -0.2) is 22.7 Å². The van der Waals surface area contributed by atoms with Gasteiger partial charge in [-0.15, -0.1) is 0 Å². The zero-order chi connectivity index (χ0) is 25.9. The van der Waals surface area contributed by atoms with Gasteiger partial charge in [0.1, 0.15) is 0 Å². The van der Waals surface area contributed by atoms with E-state index in [1.54, 1.807) is 24.3 Å². The van der Waals surface area contributed by atoms with E-state index in [9.17, 15) is 22.8 Å². The molecule has 1 aliphatic rings. The third-order valence-electron chi connectivity index (χ3n) is 6.60. The smallest absolute Gasteiger partial charge is 0.329 e. The molecule has 0 saturated heterocycles. The van der Waals surface area contributed by atoms with Gasteiger partial charge in [0.25, 0.3) is 15.6 Å². The van der Waals surface area contributed by atoms with E-state index in [1.807, 2.05) is 6.92 Å². The Balaban J connectivity index is 1.50. The number of H-pyrrole nitrogens is 1. The number of amides is 2. The predicted molar refractivity (Wildman–Crippen MR) is 139 cm³/mol. The Morgan fingerprint density at radius 1 is 1.11 bits per heavy atom. The minimum absolute atomic E-state index is 0.0139. The van der Waals surface area contributed by atoms with Crippen molar-refractivity contribution in [2.24, 2.45) is 0 Å². The highest BCUT2D eigenvalue weighted by molar-refractivity contribution is 7.90. The summed E-state index contributed by atoms with van der Waals surface area (Å²) in [5.41, 5.74) is 0.199. The number of fused-ring (bicyclic) bond motifs is 1. The Bertz CT molecular complexity index is 1480. The monoisotopic (exact) mass is 532 g/mol. The van der Waals surface area contributed by atoms with Crippen molar-refractivity contribution in [3.05, 3.63) is 73.9 Å². The molecule has 0 bridgehead atoms. The van der Waals surface area contributed by atoms with Gasteiger partial charge in [-0.1, -0.05) is 49.9 Å². The fraction of sp³-hybridized carbons (Fsp3) is 0.400. The Kier molecular flexibility index (Phi) is 7.85. The van der Waals surface area contributed by atoms with Gasteiger partial charge in [0.05, 0.1) is 15.8 Å². The maximum absolute atomic E-state index is 13.1. The van der Waals surface area contributed by atoms with Crippen LogP contribution in [-0.2, 0) is 16.4 Å². The van der Waals surface area contributed by atoms with Crippen LogP contribution in [0.2, 0.25) is 5.02 Å². The number of benzene rings is 2. The van der Waals surface area contributed by atoms with E-state index in [4.69, 9.17) is 11.6 Å². The number of hydrogen-bond donors (Lipinski definition) is 3. The number of rotatable bonds is 7. The number of nitrogens with one attached hydrogen (secondary N) is 3. The van der Waals surface area contributed by atoms with Crippen molar-refractivity contribution >= 4 is 38.6 Å². The van der Waals surface area contributed by atoms with Crippen molar-refractivity contribution in [1.82, 2.24) is 19.6 Å². The van der Waals surface area contributed by atoms with Crippen LogP contribution < -0.4 is 21.3 Å². The molecule has 2 amide bonds. The molecule has 192 valence electrons. The molecule has 1 aromatic heterocycles. The molecule has 1 aliphatic carbocycles. The number of carbonyl (C=O) groups is 1. The molecule has 3 aromatic rings. The summed E-state index contributed by atoms with van der Waals surface area (Å²) in [6.45, 7) is 1.87. The quantitative estimate of drug-likeness (QED) is 0.425. The van der Waals surface area contributed by atoms with Gasteiger partial charge in [-0.3, -0.25) is 9.36 Å². The Morgan fingerprint density at radius 2 is 1.81 bits per heavy atom. The fourth-order valence-corrected chi connectivity index (χ4v) is 5.76. The number of carbonyl (C=O) groups excluding carboxylic acids is 1. The van der Waals surface area contributed by atoms with E-state index < -0.39 is 33.3 Å². The Morgan fingerprint density at radius 3 is 2.47 bits per heavy atom. The Labute approximate surface area is 213 Å². The first-order valence-corrected chi connectivity index (χ1v) is 13.9. The third kappa shape index (κ3) is 5.82. The number of hydrogen-bond acceptors (Lipinski definition) is 5. The molecular formula is C25H29ClN4O5S. The minimum atomic E-state index is -4.04. The van der Waals surface area contributed by atoms with Gasteiger partial charge in [0.2, 0.25) is 0 Å². The van der Waals surface area contributed by atoms with E-state index in [1.165, 1.54) is 22.8 Å². The summed E-state index contributed by atoms with van der Waals surface area (Å²) in [6.07, 6.45) is 5.68. The standard InChI is InChI=1S/C25H29ClN4O5S/c1-2-19(30-23(31)21-15-17(26)10-13-22(21)28-25(30)33)14-16-8-11-20(12-9-16)36(34,35)29-24(32)27-18-6-4-3-5-7-18/h8-13,15,18-19H,2-7,14H2,1H3,(H,28,33)(H2,27,29,32). The van der Waals surface area contributed by atoms with Crippen LogP contribution in [0.3, 0.4) is 0 Å². The molecule has 36 heavy (non-hydrogen) atoms. The van der Waals surface area contributed by atoms with Crippen LogP contribution in [0.5, 0.6) is 0 Å². The summed E-state index contributed by atoms with van der Waals surface area (Å²) >= 11 is 6.04. The SMILES string of the molecule is CCC(Cc1ccc(S(=O)(=O)NC(=O)NC2CCCCC2)cc1)n1c(=O)[nH]c2ccc(Cl)cc2c1=O. The van der Waals surface area contributed by atoms with Crippen molar-refractivity contribution in [2.75, 3.05) is 0 Å². The second-order valence-corrected chi connectivity index (χ2v) is 11.2. The summed E-state index contributed by atoms with van der Waals surface area (Å²) < 4.78 is 28.6. The lowest BCUT2D eigenvalue weighted by molar-refractivity contribution is 0.237. The van der Waals surface area contributed by atoms with Crippen molar-refractivity contribution in [3.63, 3.8) is 0 Å². The number of aromatic nitrogens is 2. The number of aromatic amines is 1. The van der Waals surface area contributed by atoms with Gasteiger partial charge < -0.3 is 10.3 Å². The average molecular weight is 533 g/mol. The van der Waals surface area contributed by atoms with E-state index in [2.05, 4.69) is 15.0 Å². The van der Waals surface area contributed by atoms with Crippen molar-refractivity contribution in [3.8, 4) is 0 Å². The second-order valence-electron chi connectivity index (χ2n) is 9.12. The Hall–Kier alpha value is -3.11. The van der Waals surface area contributed by atoms with E-state index >= 15 is 0 Å². The molecule has 11 heteroatoms. The topological polar surface area (TPSA) is 130 Å². The normalized spacial score (nSPS) is 15.5. The molecule has 9 nitrogen and oxygen atoms in total. The first-order chi connectivity index (χ1) is 17.2. The van der Waals surface area contributed by atoms with Gasteiger partial charge in [-0.2, -0.15) is 0 Å². The van der Waals surface area contributed by atoms with Crippen molar-refractivity contribution in [2.45, 2.75) is 68.8 Å². The van der Waals surface area contributed by atoms with Crippen LogP contribution in [0.25, 0.3) is 10.9 Å². The van der Waals surface area contributed by atoms with Crippen molar-refractivity contribution < 1.29 is 13.2 Å². The molecule has 0 radical (unpaired) electrons. The molecule has 4 rings (SSSR count). The lowest BCUT2D eigenvalue weighted by atomic mass is 9.96. The average Bonchev–Trinajstić information content (AvgIpc) is 2.84. The van der Waals surface area contributed by atoms with Crippen LogP contribution in [0.15, 0.2) is 56.9 Å². The van der Waals surface area contributed by atoms with Gasteiger partial charge in [0.15, 0.2) is 0 Å². The zero-order valence-electron chi connectivity index (χ0n) is 19.9. The van der Waals surface area contributed by atoms with Crippen LogP contribution >= 0.6 is 11.6 Å². The van der Waals surface area contributed by atoms with Crippen LogP contribution in [-0.4, -0.2) is 30.0 Å². The molecule has 1 fully saturated rings. The van der Waals surface area contributed by atoms with Gasteiger partial charge in [0, 0.05) is 17.1 Å². The van der Waals surface area contributed by atoms with Crippen molar-refractivity contribution in [1.29, 1.82) is 0 Å². The molecular weight excluding hydrogens is 504 g/mol. The summed E-state index contributed by atoms with van der Waals surface area (Å²) in [5, 5.41) is 3.44. The van der Waals surface area contributed by atoms with Crippen LogP contribution in [0, 0.1) is 0 Å². The molecule has 1 heterocycles. The number of sulfonamides is 1. The lowest BCUT2D eigenvalue weighted by Gasteiger charge is -2.22. The minimum Gasteiger partial charge on any atom is -0.335 e. The largest absolute Gasteiger partial charge is 0.335 e. The summed E-state index contributed by atoms with van der Waals surface area (Å²) in [7, 11) is -4.04. The molecule has 1 unspecified atom stereocenters. The molecule has 0 spiro atoms.